The summed E-state index contributed by atoms with van der Waals surface area (Å²) in [7, 11) is 4.02. The Morgan fingerprint density at radius 3 is 2.36 bits per heavy atom. The molecule has 0 saturated carbocycles. The predicted octanol–water partition coefficient (Wildman–Crippen LogP) is 3.10. The van der Waals surface area contributed by atoms with Gasteiger partial charge in [0.25, 0.3) is 0 Å². The minimum Gasteiger partial charge on any atom is -0.378 e. The molecule has 0 aliphatic carbocycles. The van der Waals surface area contributed by atoms with E-state index in [0.717, 1.165) is 25.0 Å². The fraction of sp³-hybridized carbons (Fsp3) is 0.632. The zero-order chi connectivity index (χ0) is 20.3. The minimum absolute atomic E-state index is 0.191. The third-order valence-electron chi connectivity index (χ3n) is 5.40. The molecular weight excluding hydrogens is 373 g/mol. The van der Waals surface area contributed by atoms with Gasteiger partial charge in [-0.1, -0.05) is 0 Å². The van der Waals surface area contributed by atoms with Crippen LogP contribution in [0.4, 0.5) is 29.3 Å². The molecule has 2 aliphatic rings. The molecule has 1 aromatic carbocycles. The van der Waals surface area contributed by atoms with E-state index in [1.807, 2.05) is 19.0 Å². The van der Waals surface area contributed by atoms with Crippen molar-refractivity contribution in [2.75, 3.05) is 63.7 Å². The zero-order valence-corrected chi connectivity index (χ0v) is 16.3. The van der Waals surface area contributed by atoms with E-state index in [2.05, 4.69) is 10.2 Å². The molecule has 2 aliphatic heterocycles. The van der Waals surface area contributed by atoms with Crippen LogP contribution in [0.15, 0.2) is 18.2 Å². The van der Waals surface area contributed by atoms with Crippen molar-refractivity contribution < 1.29 is 22.7 Å². The number of nitrogens with one attached hydrogen (secondary N) is 1. The summed E-state index contributed by atoms with van der Waals surface area (Å²) in [5.41, 5.74) is 0.00964. The number of carbonyl (C=O) groups excluding carboxylic acids is 1. The lowest BCUT2D eigenvalue weighted by molar-refractivity contribution is -0.137. The van der Waals surface area contributed by atoms with Crippen molar-refractivity contribution in [1.29, 1.82) is 0 Å². The van der Waals surface area contributed by atoms with E-state index in [-0.39, 0.29) is 11.7 Å². The van der Waals surface area contributed by atoms with Gasteiger partial charge >= 0.3 is 12.2 Å². The number of ether oxygens (including phenoxy) is 1. The van der Waals surface area contributed by atoms with Crippen LogP contribution in [-0.4, -0.2) is 75.4 Å². The maximum Gasteiger partial charge on any atom is 0.416 e. The Labute approximate surface area is 163 Å². The molecule has 9 heteroatoms. The number of hydrogen-bond acceptors (Lipinski definition) is 4. The summed E-state index contributed by atoms with van der Waals surface area (Å²) in [5.74, 6) is 0. The van der Waals surface area contributed by atoms with Crippen molar-refractivity contribution in [2.24, 2.45) is 0 Å². The van der Waals surface area contributed by atoms with E-state index in [1.165, 1.54) is 6.07 Å². The van der Waals surface area contributed by atoms with Crippen molar-refractivity contribution in [1.82, 2.24) is 9.80 Å². The van der Waals surface area contributed by atoms with Crippen molar-refractivity contribution in [2.45, 2.75) is 25.1 Å². The van der Waals surface area contributed by atoms with E-state index >= 15 is 0 Å². The van der Waals surface area contributed by atoms with E-state index in [9.17, 15) is 18.0 Å². The Morgan fingerprint density at radius 2 is 1.79 bits per heavy atom. The molecule has 1 N–H and O–H groups in total. The third kappa shape index (κ3) is 4.88. The lowest BCUT2D eigenvalue weighted by Crippen LogP contribution is -2.46. The molecule has 2 saturated heterocycles. The summed E-state index contributed by atoms with van der Waals surface area (Å²) in [4.78, 5) is 18.5. The van der Waals surface area contributed by atoms with Gasteiger partial charge in [-0.3, -0.25) is 0 Å². The molecule has 0 aromatic heterocycles. The molecule has 1 aromatic rings. The van der Waals surface area contributed by atoms with Crippen LogP contribution in [0.1, 0.15) is 18.4 Å². The number of hydrogen-bond donors (Lipinski definition) is 1. The SMILES string of the molecule is CN(C)C1CCN(C(=O)Nc2cc(C(F)(F)F)ccc2N2CCOCC2)CC1. The smallest absolute Gasteiger partial charge is 0.378 e. The van der Waals surface area contributed by atoms with Crippen LogP contribution in [0.3, 0.4) is 0 Å². The molecule has 0 spiro atoms. The highest BCUT2D eigenvalue weighted by atomic mass is 19.4. The quantitative estimate of drug-likeness (QED) is 0.847. The van der Waals surface area contributed by atoms with Gasteiger partial charge in [0.05, 0.1) is 30.2 Å². The van der Waals surface area contributed by atoms with E-state index in [1.54, 1.807) is 4.90 Å². The number of alkyl halides is 3. The predicted molar refractivity (Wildman–Crippen MR) is 102 cm³/mol. The van der Waals surface area contributed by atoms with E-state index in [4.69, 9.17) is 4.74 Å². The first-order chi connectivity index (χ1) is 13.3. The van der Waals surface area contributed by atoms with Gasteiger partial charge in [0.15, 0.2) is 0 Å². The minimum atomic E-state index is -4.47. The highest BCUT2D eigenvalue weighted by Gasteiger charge is 2.32. The fourth-order valence-corrected chi connectivity index (χ4v) is 3.67. The number of nitrogens with zero attached hydrogens (tertiary/aromatic N) is 3. The van der Waals surface area contributed by atoms with Gasteiger partial charge in [0, 0.05) is 32.2 Å². The Kier molecular flexibility index (Phi) is 6.34. The summed E-state index contributed by atoms with van der Waals surface area (Å²) < 4.78 is 44.9. The number of benzene rings is 1. The molecule has 0 atom stereocenters. The van der Waals surface area contributed by atoms with Crippen LogP contribution in [0.5, 0.6) is 0 Å². The van der Waals surface area contributed by atoms with Gasteiger partial charge in [-0.2, -0.15) is 13.2 Å². The van der Waals surface area contributed by atoms with Crippen LogP contribution in [0, 0.1) is 0 Å². The molecule has 156 valence electrons. The number of urea groups is 1. The van der Waals surface area contributed by atoms with Crippen LogP contribution >= 0.6 is 0 Å². The zero-order valence-electron chi connectivity index (χ0n) is 16.3. The first kappa shape index (κ1) is 20.7. The second-order valence-corrected chi connectivity index (χ2v) is 7.44. The first-order valence-corrected chi connectivity index (χ1v) is 9.52. The van der Waals surface area contributed by atoms with Gasteiger partial charge in [-0.05, 0) is 45.1 Å². The van der Waals surface area contributed by atoms with Crippen molar-refractivity contribution in [3.05, 3.63) is 23.8 Å². The van der Waals surface area contributed by atoms with Gasteiger partial charge < -0.3 is 24.8 Å². The lowest BCUT2D eigenvalue weighted by Gasteiger charge is -2.36. The Morgan fingerprint density at radius 1 is 1.14 bits per heavy atom. The monoisotopic (exact) mass is 400 g/mol. The molecule has 0 radical (unpaired) electrons. The Balaban J connectivity index is 1.77. The second kappa shape index (κ2) is 8.57. The number of piperidine rings is 1. The average molecular weight is 400 g/mol. The molecule has 3 rings (SSSR count). The number of halogens is 3. The highest BCUT2D eigenvalue weighted by Crippen LogP contribution is 2.36. The largest absolute Gasteiger partial charge is 0.416 e. The molecule has 0 unspecified atom stereocenters. The van der Waals surface area contributed by atoms with Crippen molar-refractivity contribution >= 4 is 17.4 Å². The molecular formula is C19H27F3N4O2. The topological polar surface area (TPSA) is 48.0 Å². The molecule has 2 fully saturated rings. The van der Waals surface area contributed by atoms with Crippen molar-refractivity contribution in [3.8, 4) is 0 Å². The number of amides is 2. The first-order valence-electron chi connectivity index (χ1n) is 9.52. The number of anilines is 2. The number of likely N-dealkylation sites (tertiary alicyclic amines) is 1. The van der Waals surface area contributed by atoms with Crippen LogP contribution in [-0.2, 0) is 10.9 Å². The summed E-state index contributed by atoms with van der Waals surface area (Å²) >= 11 is 0. The highest BCUT2D eigenvalue weighted by molar-refractivity contribution is 5.93. The van der Waals surface area contributed by atoms with Crippen molar-refractivity contribution in [3.63, 3.8) is 0 Å². The summed E-state index contributed by atoms with van der Waals surface area (Å²) in [6, 6.07) is 3.58. The molecule has 2 amide bonds. The number of carbonyl (C=O) groups is 1. The van der Waals surface area contributed by atoms with E-state index in [0.29, 0.717) is 51.1 Å². The summed E-state index contributed by atoms with van der Waals surface area (Å²) in [6.45, 7) is 3.32. The second-order valence-electron chi connectivity index (χ2n) is 7.44. The third-order valence-corrected chi connectivity index (χ3v) is 5.40. The van der Waals surface area contributed by atoms with Crippen LogP contribution < -0.4 is 10.2 Å². The standard InChI is InChI=1S/C19H27F3N4O2/c1-24(2)15-5-7-26(8-6-15)18(27)23-16-13-14(19(20,21)22)3-4-17(16)25-9-11-28-12-10-25/h3-4,13,15H,5-12H2,1-2H3,(H,23,27). The molecule has 2 heterocycles. The Bertz CT molecular complexity index is 682. The van der Waals surface area contributed by atoms with Gasteiger partial charge in [-0.15, -0.1) is 0 Å². The number of morpholine rings is 1. The normalized spacial score (nSPS) is 19.2. The summed E-state index contributed by atoms with van der Waals surface area (Å²) in [6.07, 6.45) is -2.77. The maximum atomic E-state index is 13.2. The van der Waals surface area contributed by atoms with Crippen LogP contribution in [0.2, 0.25) is 0 Å². The average Bonchev–Trinajstić information content (AvgIpc) is 2.68. The van der Waals surface area contributed by atoms with E-state index < -0.39 is 11.7 Å². The van der Waals surface area contributed by atoms with Gasteiger partial charge in [-0.25, -0.2) is 4.79 Å². The fourth-order valence-electron chi connectivity index (χ4n) is 3.67. The molecule has 6 nitrogen and oxygen atoms in total. The molecule has 0 bridgehead atoms. The number of rotatable bonds is 3. The van der Waals surface area contributed by atoms with Crippen LogP contribution in [0.25, 0.3) is 0 Å². The summed E-state index contributed by atoms with van der Waals surface area (Å²) in [5, 5.41) is 2.73. The lowest BCUT2D eigenvalue weighted by atomic mass is 10.0. The maximum absolute atomic E-state index is 13.2. The Hall–Kier alpha value is -2.00. The van der Waals surface area contributed by atoms with Gasteiger partial charge in [0.2, 0.25) is 0 Å². The van der Waals surface area contributed by atoms with Gasteiger partial charge in [0.1, 0.15) is 0 Å². The molecule has 28 heavy (non-hydrogen) atoms.